The van der Waals surface area contributed by atoms with Gasteiger partial charge in [0.15, 0.2) is 5.82 Å². The van der Waals surface area contributed by atoms with Crippen LogP contribution in [0.25, 0.3) is 0 Å². The summed E-state index contributed by atoms with van der Waals surface area (Å²) in [5.74, 6) is -0.480. The van der Waals surface area contributed by atoms with Crippen LogP contribution in [0.3, 0.4) is 0 Å². The number of carbonyl (C=O) groups is 1. The first-order chi connectivity index (χ1) is 8.58. The lowest BCUT2D eigenvalue weighted by Gasteiger charge is -2.05. The maximum absolute atomic E-state index is 13.7. The molecule has 0 spiro atoms. The highest BCUT2D eigenvalue weighted by Crippen LogP contribution is 2.11. The van der Waals surface area contributed by atoms with Crippen molar-refractivity contribution in [3.05, 3.63) is 47.3 Å². The first kappa shape index (κ1) is 12.2. The van der Waals surface area contributed by atoms with Crippen molar-refractivity contribution in [2.75, 3.05) is 0 Å². The summed E-state index contributed by atoms with van der Waals surface area (Å²) in [7, 11) is 1.73. The molecule has 5 nitrogen and oxygen atoms in total. The molecule has 6 heteroatoms. The molecule has 18 heavy (non-hydrogen) atoms. The van der Waals surface area contributed by atoms with Gasteiger partial charge in [-0.25, -0.2) is 9.37 Å². The molecule has 0 saturated heterocycles. The van der Waals surface area contributed by atoms with Crippen molar-refractivity contribution >= 4 is 5.91 Å². The van der Waals surface area contributed by atoms with Gasteiger partial charge in [0.2, 0.25) is 0 Å². The van der Waals surface area contributed by atoms with E-state index in [0.717, 1.165) is 0 Å². The van der Waals surface area contributed by atoms with Gasteiger partial charge in [-0.1, -0.05) is 12.1 Å². The van der Waals surface area contributed by atoms with Crippen LogP contribution >= 0.6 is 0 Å². The van der Waals surface area contributed by atoms with Crippen molar-refractivity contribution in [3.8, 4) is 0 Å². The number of nitrogens with zero attached hydrogens (tertiary/aromatic N) is 3. The van der Waals surface area contributed by atoms with Crippen LogP contribution in [0.15, 0.2) is 24.5 Å². The minimum absolute atomic E-state index is 0.0333. The highest BCUT2D eigenvalue weighted by Gasteiger charge is 2.13. The Hall–Kier alpha value is -2.24. The van der Waals surface area contributed by atoms with Crippen molar-refractivity contribution < 1.29 is 9.18 Å². The largest absolute Gasteiger partial charge is 0.345 e. The summed E-state index contributed by atoms with van der Waals surface area (Å²) in [5, 5.41) is 6.59. The smallest absolute Gasteiger partial charge is 0.254 e. The number of aromatic nitrogens is 3. The maximum Gasteiger partial charge on any atom is 0.254 e. The molecule has 0 aliphatic carbocycles. The molecule has 0 unspecified atom stereocenters. The summed E-state index contributed by atoms with van der Waals surface area (Å²) in [6, 6.07) is 4.71. The van der Waals surface area contributed by atoms with E-state index in [1.54, 1.807) is 26.1 Å². The molecule has 0 saturated carbocycles. The van der Waals surface area contributed by atoms with Crippen LogP contribution in [0.1, 0.15) is 21.7 Å². The molecular formula is C12H13FN4O. The molecule has 94 valence electrons. The van der Waals surface area contributed by atoms with E-state index in [-0.39, 0.29) is 12.1 Å². The second kappa shape index (κ2) is 4.95. The van der Waals surface area contributed by atoms with Gasteiger partial charge in [-0.2, -0.15) is 5.10 Å². The monoisotopic (exact) mass is 248 g/mol. The number of amides is 1. The van der Waals surface area contributed by atoms with E-state index in [9.17, 15) is 9.18 Å². The zero-order valence-corrected chi connectivity index (χ0v) is 10.1. The first-order valence-corrected chi connectivity index (χ1v) is 5.46. The predicted octanol–water partition coefficient (Wildman–Crippen LogP) is 1.19. The van der Waals surface area contributed by atoms with E-state index in [2.05, 4.69) is 15.4 Å². The zero-order chi connectivity index (χ0) is 13.1. The molecule has 0 atom stereocenters. The number of aryl methyl sites for hydroxylation is 2. The molecule has 1 heterocycles. The summed E-state index contributed by atoms with van der Waals surface area (Å²) >= 11 is 0. The average Bonchev–Trinajstić information content (AvgIpc) is 2.76. The third kappa shape index (κ3) is 2.53. The standard InChI is InChI=1S/C12H13FN4O/c1-8-4-3-5-9(11(8)13)12(18)14-6-10-15-7-17(2)16-10/h3-5,7H,6H2,1-2H3,(H,14,18). The van der Waals surface area contributed by atoms with Crippen LogP contribution in [0.2, 0.25) is 0 Å². The van der Waals surface area contributed by atoms with Crippen molar-refractivity contribution in [2.45, 2.75) is 13.5 Å². The lowest BCUT2D eigenvalue weighted by molar-refractivity contribution is 0.0945. The highest BCUT2D eigenvalue weighted by molar-refractivity contribution is 5.94. The van der Waals surface area contributed by atoms with E-state index in [4.69, 9.17) is 0 Å². The van der Waals surface area contributed by atoms with Gasteiger partial charge in [0.1, 0.15) is 12.1 Å². The average molecular weight is 248 g/mol. The summed E-state index contributed by atoms with van der Waals surface area (Å²) in [6.07, 6.45) is 1.54. The number of hydrogen-bond donors (Lipinski definition) is 1. The molecule has 0 aliphatic heterocycles. The molecule has 1 aromatic heterocycles. The molecule has 0 fully saturated rings. The Morgan fingerprint density at radius 2 is 2.28 bits per heavy atom. The Labute approximate surface area is 104 Å². The molecule has 0 radical (unpaired) electrons. The van der Waals surface area contributed by atoms with E-state index >= 15 is 0 Å². The van der Waals surface area contributed by atoms with Gasteiger partial charge in [0.05, 0.1) is 12.1 Å². The van der Waals surface area contributed by atoms with Crippen LogP contribution in [0.5, 0.6) is 0 Å². The van der Waals surface area contributed by atoms with Crippen LogP contribution in [0, 0.1) is 12.7 Å². The van der Waals surface area contributed by atoms with Gasteiger partial charge in [-0.3, -0.25) is 9.48 Å². The van der Waals surface area contributed by atoms with Crippen molar-refractivity contribution in [1.29, 1.82) is 0 Å². The molecule has 2 aromatic rings. The number of halogens is 1. The summed E-state index contributed by atoms with van der Waals surface area (Å²) in [4.78, 5) is 15.7. The third-order valence-corrected chi connectivity index (χ3v) is 2.49. The minimum atomic E-state index is -0.496. The van der Waals surface area contributed by atoms with Crippen molar-refractivity contribution in [3.63, 3.8) is 0 Å². The number of carbonyl (C=O) groups excluding carboxylic acids is 1. The van der Waals surface area contributed by atoms with Gasteiger partial charge < -0.3 is 5.32 Å². The second-order valence-electron chi connectivity index (χ2n) is 3.95. The highest BCUT2D eigenvalue weighted by atomic mass is 19.1. The fraction of sp³-hybridized carbons (Fsp3) is 0.250. The number of rotatable bonds is 3. The van der Waals surface area contributed by atoms with Crippen molar-refractivity contribution in [2.24, 2.45) is 7.05 Å². The van der Waals surface area contributed by atoms with E-state index in [1.165, 1.54) is 17.1 Å². The van der Waals surface area contributed by atoms with Gasteiger partial charge in [0.25, 0.3) is 5.91 Å². The van der Waals surface area contributed by atoms with Gasteiger partial charge >= 0.3 is 0 Å². The predicted molar refractivity (Wildman–Crippen MR) is 63.3 cm³/mol. The Kier molecular flexibility index (Phi) is 3.36. The first-order valence-electron chi connectivity index (χ1n) is 5.46. The van der Waals surface area contributed by atoms with Gasteiger partial charge in [0, 0.05) is 7.05 Å². The van der Waals surface area contributed by atoms with Crippen LogP contribution in [0.4, 0.5) is 4.39 Å². The van der Waals surface area contributed by atoms with Gasteiger partial charge in [-0.05, 0) is 18.6 Å². The SMILES string of the molecule is Cc1cccc(C(=O)NCc2ncn(C)n2)c1F. The van der Waals surface area contributed by atoms with E-state index in [1.807, 2.05) is 0 Å². The Morgan fingerprint density at radius 1 is 1.50 bits per heavy atom. The molecule has 1 amide bonds. The van der Waals surface area contributed by atoms with E-state index in [0.29, 0.717) is 11.4 Å². The van der Waals surface area contributed by atoms with Crippen LogP contribution in [-0.4, -0.2) is 20.7 Å². The summed E-state index contributed by atoms with van der Waals surface area (Å²) < 4.78 is 15.2. The Balaban J connectivity index is 2.06. The molecule has 1 N–H and O–H groups in total. The Morgan fingerprint density at radius 3 is 2.94 bits per heavy atom. The summed E-state index contributed by atoms with van der Waals surface area (Å²) in [6.45, 7) is 1.79. The Bertz CT molecular complexity index is 579. The van der Waals surface area contributed by atoms with Crippen LogP contribution in [-0.2, 0) is 13.6 Å². The summed E-state index contributed by atoms with van der Waals surface area (Å²) in [5.41, 5.74) is 0.476. The van der Waals surface area contributed by atoms with E-state index < -0.39 is 11.7 Å². The normalized spacial score (nSPS) is 10.4. The molecular weight excluding hydrogens is 235 g/mol. The topological polar surface area (TPSA) is 59.8 Å². The quantitative estimate of drug-likeness (QED) is 0.887. The lowest BCUT2D eigenvalue weighted by Crippen LogP contribution is -2.24. The second-order valence-corrected chi connectivity index (χ2v) is 3.95. The molecule has 1 aromatic carbocycles. The number of benzene rings is 1. The molecule has 0 bridgehead atoms. The zero-order valence-electron chi connectivity index (χ0n) is 10.1. The maximum atomic E-state index is 13.7. The van der Waals surface area contributed by atoms with Crippen molar-refractivity contribution in [1.82, 2.24) is 20.1 Å². The third-order valence-electron chi connectivity index (χ3n) is 2.49. The molecule has 2 rings (SSSR count). The number of nitrogens with one attached hydrogen (secondary N) is 1. The minimum Gasteiger partial charge on any atom is -0.345 e. The molecule has 0 aliphatic rings. The number of hydrogen-bond acceptors (Lipinski definition) is 3. The lowest BCUT2D eigenvalue weighted by atomic mass is 10.1. The fourth-order valence-corrected chi connectivity index (χ4v) is 1.54. The van der Waals surface area contributed by atoms with Gasteiger partial charge in [-0.15, -0.1) is 0 Å². The van der Waals surface area contributed by atoms with Crippen LogP contribution < -0.4 is 5.32 Å². The fourth-order valence-electron chi connectivity index (χ4n) is 1.54.